The van der Waals surface area contributed by atoms with E-state index in [9.17, 15) is 4.79 Å². The van der Waals surface area contributed by atoms with Crippen molar-refractivity contribution in [1.29, 1.82) is 0 Å². The summed E-state index contributed by atoms with van der Waals surface area (Å²) < 4.78 is 1.02. The summed E-state index contributed by atoms with van der Waals surface area (Å²) in [6.07, 6.45) is 1.80. The highest BCUT2D eigenvalue weighted by atomic mass is 79.9. The number of carbonyl (C=O) groups is 1. The molecule has 1 amide bonds. The van der Waals surface area contributed by atoms with Gasteiger partial charge >= 0.3 is 0 Å². The van der Waals surface area contributed by atoms with E-state index >= 15 is 0 Å². The smallest absolute Gasteiger partial charge is 0.231 e. The summed E-state index contributed by atoms with van der Waals surface area (Å²) in [6, 6.07) is 7.68. The third-order valence-corrected chi connectivity index (χ3v) is 4.03. The minimum atomic E-state index is -0.229. The molecule has 17 heavy (non-hydrogen) atoms. The first-order chi connectivity index (χ1) is 8.16. The first-order valence-corrected chi connectivity index (χ1v) is 6.73. The van der Waals surface area contributed by atoms with Crippen molar-refractivity contribution < 1.29 is 4.79 Å². The number of rotatable bonds is 3. The second-order valence-corrected chi connectivity index (χ2v) is 5.44. The number of nitrogens with one attached hydrogen (secondary N) is 2. The summed E-state index contributed by atoms with van der Waals surface area (Å²) in [5.74, 6) is 0.132. The summed E-state index contributed by atoms with van der Waals surface area (Å²) in [4.78, 5) is 12.3. The molecule has 1 aliphatic rings. The van der Waals surface area contributed by atoms with Gasteiger partial charge in [0.25, 0.3) is 0 Å². The van der Waals surface area contributed by atoms with Gasteiger partial charge in [0.15, 0.2) is 0 Å². The van der Waals surface area contributed by atoms with Crippen molar-refractivity contribution in [1.82, 2.24) is 5.32 Å². The fourth-order valence-corrected chi connectivity index (χ4v) is 2.46. The van der Waals surface area contributed by atoms with Crippen molar-refractivity contribution in [3.63, 3.8) is 0 Å². The summed E-state index contributed by atoms with van der Waals surface area (Å²) in [5.41, 5.74) is 0.630. The molecule has 1 saturated heterocycles. The molecule has 3 nitrogen and oxygen atoms in total. The monoisotopic (exact) mass is 296 g/mol. The number of hydrogen-bond donors (Lipinski definition) is 2. The molecule has 1 aromatic rings. The SMILES string of the molecule is CCC1(C(=O)Nc2ccc(Br)cc2)CCNC1. The van der Waals surface area contributed by atoms with Crippen molar-refractivity contribution in [2.24, 2.45) is 5.41 Å². The minimum Gasteiger partial charge on any atom is -0.326 e. The number of anilines is 1. The maximum Gasteiger partial charge on any atom is 0.231 e. The summed E-state index contributed by atoms with van der Waals surface area (Å²) >= 11 is 3.38. The van der Waals surface area contributed by atoms with Gasteiger partial charge in [-0.2, -0.15) is 0 Å². The van der Waals surface area contributed by atoms with Crippen LogP contribution in [-0.2, 0) is 4.79 Å². The van der Waals surface area contributed by atoms with Crippen LogP contribution in [0.4, 0.5) is 5.69 Å². The van der Waals surface area contributed by atoms with Gasteiger partial charge in [0.1, 0.15) is 0 Å². The van der Waals surface area contributed by atoms with E-state index in [0.717, 1.165) is 36.1 Å². The van der Waals surface area contributed by atoms with Gasteiger partial charge in [0.05, 0.1) is 5.41 Å². The van der Waals surface area contributed by atoms with Crippen LogP contribution in [0.1, 0.15) is 19.8 Å². The number of halogens is 1. The lowest BCUT2D eigenvalue weighted by atomic mass is 9.83. The van der Waals surface area contributed by atoms with Crippen LogP contribution in [0.5, 0.6) is 0 Å². The lowest BCUT2D eigenvalue weighted by Crippen LogP contribution is -2.37. The fourth-order valence-electron chi connectivity index (χ4n) is 2.20. The molecular formula is C13H17BrN2O. The lowest BCUT2D eigenvalue weighted by Gasteiger charge is -2.25. The van der Waals surface area contributed by atoms with Crippen molar-refractivity contribution in [3.05, 3.63) is 28.7 Å². The zero-order valence-electron chi connectivity index (χ0n) is 9.92. The molecule has 1 atom stereocenters. The standard InChI is InChI=1S/C13H17BrN2O/c1-2-13(7-8-15-9-13)12(17)16-11-5-3-10(14)4-6-11/h3-6,15H,2,7-9H2,1H3,(H,16,17). The van der Waals surface area contributed by atoms with Gasteiger partial charge < -0.3 is 10.6 Å². The molecule has 92 valence electrons. The Morgan fingerprint density at radius 1 is 1.47 bits per heavy atom. The molecule has 2 rings (SSSR count). The molecule has 0 radical (unpaired) electrons. The van der Waals surface area contributed by atoms with Gasteiger partial charge in [0, 0.05) is 16.7 Å². The summed E-state index contributed by atoms with van der Waals surface area (Å²) in [6.45, 7) is 3.79. The summed E-state index contributed by atoms with van der Waals surface area (Å²) in [7, 11) is 0. The van der Waals surface area contributed by atoms with Crippen LogP contribution in [0.25, 0.3) is 0 Å². The van der Waals surface area contributed by atoms with Gasteiger partial charge in [-0.1, -0.05) is 22.9 Å². The average Bonchev–Trinajstić information content (AvgIpc) is 2.82. The van der Waals surface area contributed by atoms with Crippen LogP contribution in [0.3, 0.4) is 0 Å². The van der Waals surface area contributed by atoms with Crippen LogP contribution in [0, 0.1) is 5.41 Å². The zero-order chi connectivity index (χ0) is 12.3. The molecular weight excluding hydrogens is 280 g/mol. The lowest BCUT2D eigenvalue weighted by molar-refractivity contribution is -0.124. The molecule has 1 unspecified atom stereocenters. The van der Waals surface area contributed by atoms with E-state index in [1.807, 2.05) is 24.3 Å². The Morgan fingerprint density at radius 3 is 2.71 bits per heavy atom. The number of benzene rings is 1. The molecule has 1 aliphatic heterocycles. The molecule has 2 N–H and O–H groups in total. The van der Waals surface area contributed by atoms with Crippen LogP contribution in [0.2, 0.25) is 0 Å². The van der Waals surface area contributed by atoms with Crippen molar-refractivity contribution in [2.75, 3.05) is 18.4 Å². The van der Waals surface area contributed by atoms with Gasteiger partial charge in [-0.15, -0.1) is 0 Å². The first kappa shape index (κ1) is 12.6. The molecule has 0 saturated carbocycles. The quantitative estimate of drug-likeness (QED) is 0.900. The molecule has 4 heteroatoms. The highest BCUT2D eigenvalue weighted by Crippen LogP contribution is 2.31. The van der Waals surface area contributed by atoms with Crippen LogP contribution >= 0.6 is 15.9 Å². The van der Waals surface area contributed by atoms with Gasteiger partial charge in [-0.25, -0.2) is 0 Å². The Balaban J connectivity index is 2.08. The van der Waals surface area contributed by atoms with E-state index in [2.05, 4.69) is 33.5 Å². The molecule has 1 aromatic carbocycles. The topological polar surface area (TPSA) is 41.1 Å². The van der Waals surface area contributed by atoms with Crippen molar-refractivity contribution in [3.8, 4) is 0 Å². The normalized spacial score (nSPS) is 23.6. The maximum atomic E-state index is 12.3. The van der Waals surface area contributed by atoms with E-state index in [1.165, 1.54) is 0 Å². The third-order valence-electron chi connectivity index (χ3n) is 3.50. The van der Waals surface area contributed by atoms with E-state index in [-0.39, 0.29) is 11.3 Å². The molecule has 1 fully saturated rings. The predicted octanol–water partition coefficient (Wildman–Crippen LogP) is 2.78. The van der Waals surface area contributed by atoms with Crippen molar-refractivity contribution >= 4 is 27.5 Å². The van der Waals surface area contributed by atoms with Crippen LogP contribution in [-0.4, -0.2) is 19.0 Å². The first-order valence-electron chi connectivity index (χ1n) is 5.94. The van der Waals surface area contributed by atoms with Crippen molar-refractivity contribution in [2.45, 2.75) is 19.8 Å². The second-order valence-electron chi connectivity index (χ2n) is 4.52. The molecule has 0 aromatic heterocycles. The third kappa shape index (κ3) is 2.69. The Labute approximate surface area is 110 Å². The highest BCUT2D eigenvalue weighted by Gasteiger charge is 2.39. The van der Waals surface area contributed by atoms with Crippen LogP contribution < -0.4 is 10.6 Å². The van der Waals surface area contributed by atoms with E-state index in [0.29, 0.717) is 0 Å². The number of amides is 1. The summed E-state index contributed by atoms with van der Waals surface area (Å²) in [5, 5.41) is 6.27. The number of carbonyl (C=O) groups excluding carboxylic acids is 1. The Hall–Kier alpha value is -0.870. The van der Waals surface area contributed by atoms with Gasteiger partial charge in [-0.3, -0.25) is 4.79 Å². The van der Waals surface area contributed by atoms with Crippen LogP contribution in [0.15, 0.2) is 28.7 Å². The maximum absolute atomic E-state index is 12.3. The molecule has 1 heterocycles. The fraction of sp³-hybridized carbons (Fsp3) is 0.462. The Bertz CT molecular complexity index is 396. The minimum absolute atomic E-state index is 0.132. The van der Waals surface area contributed by atoms with Gasteiger partial charge in [0.2, 0.25) is 5.91 Å². The number of hydrogen-bond acceptors (Lipinski definition) is 2. The largest absolute Gasteiger partial charge is 0.326 e. The van der Waals surface area contributed by atoms with E-state index < -0.39 is 0 Å². The molecule has 0 aliphatic carbocycles. The second kappa shape index (κ2) is 5.19. The highest BCUT2D eigenvalue weighted by molar-refractivity contribution is 9.10. The van der Waals surface area contributed by atoms with E-state index in [4.69, 9.17) is 0 Å². The molecule has 0 spiro atoms. The average molecular weight is 297 g/mol. The zero-order valence-corrected chi connectivity index (χ0v) is 11.5. The van der Waals surface area contributed by atoms with Gasteiger partial charge in [-0.05, 0) is 43.7 Å². The predicted molar refractivity (Wildman–Crippen MR) is 73.0 cm³/mol. The Morgan fingerprint density at radius 2 is 2.18 bits per heavy atom. The van der Waals surface area contributed by atoms with E-state index in [1.54, 1.807) is 0 Å². The molecule has 0 bridgehead atoms. The Kier molecular flexibility index (Phi) is 3.84.